The Morgan fingerprint density at radius 1 is 1.58 bits per heavy atom. The van der Waals surface area contributed by atoms with E-state index in [-0.39, 0.29) is 0 Å². The molecule has 1 aromatic rings. The zero-order valence-electron chi connectivity index (χ0n) is 6.86. The first-order valence-corrected chi connectivity index (χ1v) is 3.59. The molecule has 0 spiro atoms. The van der Waals surface area contributed by atoms with Gasteiger partial charge in [-0.2, -0.15) is 0 Å². The molecule has 0 aliphatic heterocycles. The summed E-state index contributed by atoms with van der Waals surface area (Å²) in [5.74, 6) is 0. The van der Waals surface area contributed by atoms with Gasteiger partial charge < -0.3 is 10.0 Å². The predicted molar refractivity (Wildman–Crippen MR) is 48.8 cm³/mol. The second-order valence-corrected chi connectivity index (χ2v) is 2.62. The lowest BCUT2D eigenvalue weighted by atomic mass is 9.77. The van der Waals surface area contributed by atoms with Crippen LogP contribution in [0, 0.1) is 0 Å². The van der Waals surface area contributed by atoms with Crippen molar-refractivity contribution in [2.45, 2.75) is 6.92 Å². The van der Waals surface area contributed by atoms with E-state index in [0.29, 0.717) is 5.46 Å². The zero-order valence-corrected chi connectivity index (χ0v) is 6.86. The standard InChI is InChI=1S/C8H10BNO2/c1-6(2)7-3-4-10-5-8(7)9(11)12/h3-5,11-12H,1H2,2H3. The highest BCUT2D eigenvalue weighted by Crippen LogP contribution is 2.06. The average molecular weight is 163 g/mol. The van der Waals surface area contributed by atoms with Crippen LogP contribution in [0.15, 0.2) is 25.0 Å². The summed E-state index contributed by atoms with van der Waals surface area (Å²) in [4.78, 5) is 3.79. The molecule has 1 heterocycles. The molecular formula is C8H10BNO2. The predicted octanol–water partition coefficient (Wildman–Crippen LogP) is -0.206. The Hall–Kier alpha value is -1.13. The Morgan fingerprint density at radius 2 is 2.25 bits per heavy atom. The first-order chi connectivity index (χ1) is 5.63. The number of pyridine rings is 1. The Balaban J connectivity index is 3.17. The number of hydrogen-bond acceptors (Lipinski definition) is 3. The highest BCUT2D eigenvalue weighted by atomic mass is 16.4. The summed E-state index contributed by atoms with van der Waals surface area (Å²) in [6, 6.07) is 1.71. The van der Waals surface area contributed by atoms with E-state index < -0.39 is 7.12 Å². The molecule has 2 N–H and O–H groups in total. The molecule has 0 saturated heterocycles. The van der Waals surface area contributed by atoms with Crippen LogP contribution in [0.5, 0.6) is 0 Å². The highest BCUT2D eigenvalue weighted by molar-refractivity contribution is 6.59. The second-order valence-electron chi connectivity index (χ2n) is 2.62. The van der Waals surface area contributed by atoms with E-state index in [1.165, 1.54) is 6.20 Å². The van der Waals surface area contributed by atoms with Gasteiger partial charge in [-0.15, -0.1) is 0 Å². The van der Waals surface area contributed by atoms with E-state index in [2.05, 4.69) is 11.6 Å². The molecular weight excluding hydrogens is 153 g/mol. The van der Waals surface area contributed by atoms with E-state index in [9.17, 15) is 0 Å². The molecule has 12 heavy (non-hydrogen) atoms. The summed E-state index contributed by atoms with van der Waals surface area (Å²) in [6.45, 7) is 5.53. The summed E-state index contributed by atoms with van der Waals surface area (Å²) in [5.41, 5.74) is 1.92. The van der Waals surface area contributed by atoms with Gasteiger partial charge in [0.2, 0.25) is 0 Å². The molecule has 4 heteroatoms. The summed E-state index contributed by atoms with van der Waals surface area (Å²) < 4.78 is 0. The summed E-state index contributed by atoms with van der Waals surface area (Å²) in [6.07, 6.45) is 3.02. The molecule has 0 bridgehead atoms. The molecule has 0 saturated carbocycles. The summed E-state index contributed by atoms with van der Waals surface area (Å²) in [7, 11) is -1.48. The minimum atomic E-state index is -1.48. The fourth-order valence-electron chi connectivity index (χ4n) is 1.00. The van der Waals surface area contributed by atoms with Crippen molar-refractivity contribution >= 4 is 18.2 Å². The van der Waals surface area contributed by atoms with Gasteiger partial charge in [-0.25, -0.2) is 0 Å². The Labute approximate surface area is 71.5 Å². The van der Waals surface area contributed by atoms with Crippen molar-refractivity contribution in [3.63, 3.8) is 0 Å². The van der Waals surface area contributed by atoms with Crippen molar-refractivity contribution < 1.29 is 10.0 Å². The average Bonchev–Trinajstić information content (AvgIpc) is 2.04. The van der Waals surface area contributed by atoms with Crippen LogP contribution in [-0.4, -0.2) is 22.2 Å². The van der Waals surface area contributed by atoms with Gasteiger partial charge >= 0.3 is 7.12 Å². The van der Waals surface area contributed by atoms with Gasteiger partial charge in [-0.3, -0.25) is 4.98 Å². The van der Waals surface area contributed by atoms with E-state index in [1.807, 2.05) is 0 Å². The first-order valence-electron chi connectivity index (χ1n) is 3.59. The number of allylic oxidation sites excluding steroid dienone is 1. The first kappa shape index (κ1) is 8.97. The summed E-state index contributed by atoms with van der Waals surface area (Å²) >= 11 is 0. The van der Waals surface area contributed by atoms with Crippen molar-refractivity contribution in [3.05, 3.63) is 30.6 Å². The van der Waals surface area contributed by atoms with Gasteiger partial charge in [0.25, 0.3) is 0 Å². The molecule has 3 nitrogen and oxygen atoms in total. The molecule has 0 aliphatic carbocycles. The van der Waals surface area contributed by atoms with Gasteiger partial charge in [-0.1, -0.05) is 12.2 Å². The molecule has 0 aromatic carbocycles. The fourth-order valence-corrected chi connectivity index (χ4v) is 1.00. The molecule has 0 unspecified atom stereocenters. The smallest absolute Gasteiger partial charge is 0.423 e. The van der Waals surface area contributed by atoms with Crippen LogP contribution in [0.4, 0.5) is 0 Å². The minimum Gasteiger partial charge on any atom is -0.423 e. The van der Waals surface area contributed by atoms with E-state index in [4.69, 9.17) is 10.0 Å². The van der Waals surface area contributed by atoms with E-state index in [1.54, 1.807) is 19.2 Å². The van der Waals surface area contributed by atoms with Crippen LogP contribution in [0.1, 0.15) is 12.5 Å². The maximum absolute atomic E-state index is 8.93. The van der Waals surface area contributed by atoms with Crippen molar-refractivity contribution in [3.8, 4) is 0 Å². The van der Waals surface area contributed by atoms with Crippen LogP contribution in [0.3, 0.4) is 0 Å². The van der Waals surface area contributed by atoms with Gasteiger partial charge in [0.15, 0.2) is 0 Å². The van der Waals surface area contributed by atoms with Crippen molar-refractivity contribution in [1.29, 1.82) is 0 Å². The normalized spacial score (nSPS) is 9.58. The number of hydrogen-bond donors (Lipinski definition) is 2. The van der Waals surface area contributed by atoms with Crippen molar-refractivity contribution in [2.75, 3.05) is 0 Å². The number of nitrogens with zero attached hydrogens (tertiary/aromatic N) is 1. The Bertz CT molecular complexity index is 299. The number of rotatable bonds is 2. The lowest BCUT2D eigenvalue weighted by Crippen LogP contribution is -2.32. The van der Waals surface area contributed by atoms with Crippen molar-refractivity contribution in [1.82, 2.24) is 4.98 Å². The lowest BCUT2D eigenvalue weighted by molar-refractivity contribution is 0.425. The molecule has 62 valence electrons. The molecule has 0 atom stereocenters. The SMILES string of the molecule is C=C(C)c1ccncc1B(O)O. The summed E-state index contributed by atoms with van der Waals surface area (Å²) in [5, 5.41) is 17.9. The third kappa shape index (κ3) is 1.72. The quantitative estimate of drug-likeness (QED) is 0.593. The molecule has 0 amide bonds. The van der Waals surface area contributed by atoms with E-state index in [0.717, 1.165) is 11.1 Å². The largest absolute Gasteiger partial charge is 0.490 e. The molecule has 0 radical (unpaired) electrons. The van der Waals surface area contributed by atoms with Crippen LogP contribution in [0.25, 0.3) is 5.57 Å². The topological polar surface area (TPSA) is 53.4 Å². The van der Waals surface area contributed by atoms with Gasteiger partial charge in [0.1, 0.15) is 0 Å². The van der Waals surface area contributed by atoms with Crippen LogP contribution >= 0.6 is 0 Å². The van der Waals surface area contributed by atoms with Gasteiger partial charge in [-0.05, 0) is 18.6 Å². The maximum Gasteiger partial charge on any atom is 0.490 e. The monoisotopic (exact) mass is 163 g/mol. The molecule has 0 fully saturated rings. The Morgan fingerprint density at radius 3 is 2.67 bits per heavy atom. The Kier molecular flexibility index (Phi) is 2.63. The fraction of sp³-hybridized carbons (Fsp3) is 0.125. The zero-order chi connectivity index (χ0) is 9.14. The van der Waals surface area contributed by atoms with Gasteiger partial charge in [0.05, 0.1) is 0 Å². The minimum absolute atomic E-state index is 0.394. The molecule has 1 aromatic heterocycles. The maximum atomic E-state index is 8.93. The van der Waals surface area contributed by atoms with Gasteiger partial charge in [0, 0.05) is 17.9 Å². The lowest BCUT2D eigenvalue weighted by Gasteiger charge is -2.06. The number of aromatic nitrogens is 1. The van der Waals surface area contributed by atoms with Crippen LogP contribution in [0.2, 0.25) is 0 Å². The molecule has 1 rings (SSSR count). The van der Waals surface area contributed by atoms with Crippen LogP contribution in [-0.2, 0) is 0 Å². The van der Waals surface area contributed by atoms with Crippen molar-refractivity contribution in [2.24, 2.45) is 0 Å². The molecule has 0 aliphatic rings. The second kappa shape index (κ2) is 3.52. The highest BCUT2D eigenvalue weighted by Gasteiger charge is 2.15. The third-order valence-corrected chi connectivity index (χ3v) is 1.59. The van der Waals surface area contributed by atoms with E-state index >= 15 is 0 Å². The van der Waals surface area contributed by atoms with Crippen LogP contribution < -0.4 is 5.46 Å². The third-order valence-electron chi connectivity index (χ3n) is 1.59.